The number of carbonyl (C=O) groups excluding carboxylic acids is 4. The topological polar surface area (TPSA) is 104 Å². The number of nitrogens with one attached hydrogen (secondary N) is 3. The first-order valence-electron chi connectivity index (χ1n) is 8.55. The molecule has 0 bridgehead atoms. The molecule has 3 amide bonds. The molecule has 0 saturated carbocycles. The lowest BCUT2D eigenvalue weighted by molar-refractivity contribution is -0.118. The maximum atomic E-state index is 12.3. The molecular weight excluding hydrogens is 346 g/mol. The lowest BCUT2D eigenvalue weighted by atomic mass is 10.1. The number of benzene rings is 2. The van der Waals surface area contributed by atoms with E-state index in [1.165, 1.54) is 6.92 Å². The van der Waals surface area contributed by atoms with E-state index in [9.17, 15) is 19.2 Å². The summed E-state index contributed by atoms with van der Waals surface area (Å²) in [6, 6.07) is 12.5. The van der Waals surface area contributed by atoms with Crippen molar-refractivity contribution in [3.8, 4) is 0 Å². The van der Waals surface area contributed by atoms with Gasteiger partial charge in [-0.1, -0.05) is 12.1 Å². The summed E-state index contributed by atoms with van der Waals surface area (Å²) in [7, 11) is 0. The van der Waals surface area contributed by atoms with Gasteiger partial charge in [-0.05, 0) is 49.7 Å². The summed E-state index contributed by atoms with van der Waals surface area (Å²) in [5, 5.41) is 8.07. The van der Waals surface area contributed by atoms with Crippen molar-refractivity contribution >= 4 is 34.9 Å². The van der Waals surface area contributed by atoms with Crippen molar-refractivity contribution in [1.82, 2.24) is 5.32 Å². The molecule has 0 radical (unpaired) electrons. The lowest BCUT2D eigenvalue weighted by Crippen LogP contribution is -2.41. The van der Waals surface area contributed by atoms with Crippen molar-refractivity contribution in [2.75, 3.05) is 10.6 Å². The average Bonchev–Trinajstić information content (AvgIpc) is 2.77. The number of anilines is 2. The Bertz CT molecular complexity index is 906. The van der Waals surface area contributed by atoms with Crippen LogP contribution in [0.15, 0.2) is 48.5 Å². The molecule has 1 atom stereocenters. The highest BCUT2D eigenvalue weighted by Crippen LogP contribution is 2.19. The largest absolute Gasteiger partial charge is 0.340 e. The second-order valence-corrected chi connectivity index (χ2v) is 6.28. The zero-order valence-electron chi connectivity index (χ0n) is 14.7. The van der Waals surface area contributed by atoms with E-state index in [1.807, 2.05) is 0 Å². The van der Waals surface area contributed by atoms with Crippen molar-refractivity contribution in [1.29, 1.82) is 0 Å². The van der Waals surface area contributed by atoms with Gasteiger partial charge in [-0.3, -0.25) is 19.2 Å². The molecule has 3 rings (SSSR count). The minimum absolute atomic E-state index is 0.0519. The molecule has 1 heterocycles. The normalized spacial score (nSPS) is 15.8. The van der Waals surface area contributed by atoms with E-state index in [0.717, 1.165) is 0 Å². The second kappa shape index (κ2) is 7.82. The Morgan fingerprint density at radius 1 is 1.04 bits per heavy atom. The lowest BCUT2D eigenvalue weighted by Gasteiger charge is -2.14. The van der Waals surface area contributed by atoms with Crippen LogP contribution in [0.25, 0.3) is 0 Å². The fraction of sp³-hybridized carbons (Fsp3) is 0.200. The van der Waals surface area contributed by atoms with Crippen molar-refractivity contribution in [2.24, 2.45) is 0 Å². The zero-order chi connectivity index (χ0) is 19.4. The smallest absolute Gasteiger partial charge is 0.254 e. The van der Waals surface area contributed by atoms with E-state index in [-0.39, 0.29) is 36.3 Å². The minimum atomic E-state index is -0.796. The van der Waals surface area contributed by atoms with Crippen LogP contribution in [0.3, 0.4) is 0 Å². The molecule has 2 aromatic rings. The van der Waals surface area contributed by atoms with Crippen LogP contribution in [0.4, 0.5) is 11.4 Å². The monoisotopic (exact) mass is 365 g/mol. The SMILES string of the molecule is CC(=O)c1ccc(NC(=O)CC[C@H]2NC(=O)c3ccccc3NC2=O)cc1. The van der Waals surface area contributed by atoms with E-state index in [0.29, 0.717) is 22.5 Å². The summed E-state index contributed by atoms with van der Waals surface area (Å²) in [5.41, 5.74) is 1.97. The second-order valence-electron chi connectivity index (χ2n) is 6.28. The molecule has 1 aliphatic heterocycles. The first-order chi connectivity index (χ1) is 12.9. The van der Waals surface area contributed by atoms with Crippen LogP contribution in [0.2, 0.25) is 0 Å². The number of Topliss-reactive ketones (excluding diaryl/α,β-unsaturated/α-hetero) is 1. The third kappa shape index (κ3) is 4.38. The Labute approximate surface area is 156 Å². The van der Waals surface area contributed by atoms with Crippen LogP contribution >= 0.6 is 0 Å². The Hall–Kier alpha value is -3.48. The van der Waals surface area contributed by atoms with Gasteiger partial charge in [0, 0.05) is 17.7 Å². The van der Waals surface area contributed by atoms with Crippen molar-refractivity contribution in [2.45, 2.75) is 25.8 Å². The number of rotatable bonds is 5. The Kier molecular flexibility index (Phi) is 5.30. The van der Waals surface area contributed by atoms with Gasteiger partial charge in [-0.2, -0.15) is 0 Å². The number of fused-ring (bicyclic) bond motifs is 1. The van der Waals surface area contributed by atoms with Gasteiger partial charge >= 0.3 is 0 Å². The van der Waals surface area contributed by atoms with Gasteiger partial charge in [-0.15, -0.1) is 0 Å². The van der Waals surface area contributed by atoms with Crippen LogP contribution in [-0.4, -0.2) is 29.5 Å². The molecule has 1 aliphatic rings. The van der Waals surface area contributed by atoms with E-state index < -0.39 is 6.04 Å². The van der Waals surface area contributed by atoms with Crippen LogP contribution in [0, 0.1) is 0 Å². The summed E-state index contributed by atoms with van der Waals surface area (Å²) >= 11 is 0. The molecule has 7 heteroatoms. The van der Waals surface area contributed by atoms with Gasteiger partial charge in [0.05, 0.1) is 11.3 Å². The molecule has 0 aliphatic carbocycles. The van der Waals surface area contributed by atoms with E-state index in [1.54, 1.807) is 48.5 Å². The molecule has 138 valence electrons. The summed E-state index contributed by atoms with van der Waals surface area (Å²) in [6.45, 7) is 1.47. The number of para-hydroxylation sites is 1. The number of hydrogen-bond acceptors (Lipinski definition) is 4. The fourth-order valence-electron chi connectivity index (χ4n) is 2.80. The van der Waals surface area contributed by atoms with Gasteiger partial charge < -0.3 is 16.0 Å². The molecular formula is C20H19N3O4. The first kappa shape index (κ1) is 18.3. The predicted molar refractivity (Wildman–Crippen MR) is 101 cm³/mol. The zero-order valence-corrected chi connectivity index (χ0v) is 14.7. The van der Waals surface area contributed by atoms with Gasteiger partial charge in [0.25, 0.3) is 5.91 Å². The highest BCUT2D eigenvalue weighted by atomic mass is 16.2. The number of amides is 3. The maximum Gasteiger partial charge on any atom is 0.254 e. The summed E-state index contributed by atoms with van der Waals surface area (Å²) in [6.07, 6.45) is 0.228. The Morgan fingerprint density at radius 3 is 2.44 bits per heavy atom. The third-order valence-electron chi connectivity index (χ3n) is 4.29. The molecule has 0 spiro atoms. The van der Waals surface area contributed by atoms with Crippen LogP contribution < -0.4 is 16.0 Å². The molecule has 3 N–H and O–H groups in total. The van der Waals surface area contributed by atoms with E-state index in [2.05, 4.69) is 16.0 Å². The Balaban J connectivity index is 1.58. The molecule has 0 fully saturated rings. The minimum Gasteiger partial charge on any atom is -0.340 e. The van der Waals surface area contributed by atoms with Gasteiger partial charge in [0.2, 0.25) is 11.8 Å². The molecule has 0 unspecified atom stereocenters. The quantitative estimate of drug-likeness (QED) is 0.708. The third-order valence-corrected chi connectivity index (χ3v) is 4.29. The van der Waals surface area contributed by atoms with Crippen LogP contribution in [0.1, 0.15) is 40.5 Å². The van der Waals surface area contributed by atoms with Crippen molar-refractivity contribution in [3.05, 3.63) is 59.7 Å². The summed E-state index contributed by atoms with van der Waals surface area (Å²) in [4.78, 5) is 48.0. The average molecular weight is 365 g/mol. The van der Waals surface area contributed by atoms with E-state index in [4.69, 9.17) is 0 Å². The van der Waals surface area contributed by atoms with Gasteiger partial charge in [0.15, 0.2) is 5.78 Å². The number of ketones is 1. The summed E-state index contributed by atoms with van der Waals surface area (Å²) < 4.78 is 0. The Morgan fingerprint density at radius 2 is 1.74 bits per heavy atom. The highest BCUT2D eigenvalue weighted by molar-refractivity contribution is 6.10. The number of carbonyl (C=O) groups is 4. The molecule has 2 aromatic carbocycles. The van der Waals surface area contributed by atoms with Gasteiger partial charge in [-0.25, -0.2) is 0 Å². The molecule has 0 aromatic heterocycles. The molecule has 0 saturated heterocycles. The highest BCUT2D eigenvalue weighted by Gasteiger charge is 2.27. The molecule has 7 nitrogen and oxygen atoms in total. The van der Waals surface area contributed by atoms with Crippen molar-refractivity contribution < 1.29 is 19.2 Å². The van der Waals surface area contributed by atoms with Crippen LogP contribution in [0.5, 0.6) is 0 Å². The van der Waals surface area contributed by atoms with Gasteiger partial charge in [0.1, 0.15) is 6.04 Å². The van der Waals surface area contributed by atoms with E-state index >= 15 is 0 Å². The number of hydrogen-bond donors (Lipinski definition) is 3. The van der Waals surface area contributed by atoms with Crippen molar-refractivity contribution in [3.63, 3.8) is 0 Å². The van der Waals surface area contributed by atoms with Crippen LogP contribution in [-0.2, 0) is 9.59 Å². The first-order valence-corrected chi connectivity index (χ1v) is 8.55. The maximum absolute atomic E-state index is 12.3. The fourth-order valence-corrected chi connectivity index (χ4v) is 2.80. The standard InChI is InChI=1S/C20H19N3O4/c1-12(24)13-6-8-14(9-7-13)21-18(25)11-10-17-20(27)22-16-5-3-2-4-15(16)19(26)23-17/h2-9,17H,10-11H2,1H3,(H,21,25)(H,22,27)(H,23,26)/t17-/m1/s1. The summed E-state index contributed by atoms with van der Waals surface area (Å²) in [5.74, 6) is -1.04. The molecule has 27 heavy (non-hydrogen) atoms. The predicted octanol–water partition coefficient (Wildman–Crippen LogP) is 2.36.